The highest BCUT2D eigenvalue weighted by molar-refractivity contribution is 5.77. The number of aliphatic hydroxyl groups is 1. The Hall–Kier alpha value is -0.610. The fraction of sp³-hybridized carbons (Fsp3) is 0.900. The molecule has 1 amide bonds. The number of aliphatic hydroxyl groups excluding tert-OH is 1. The van der Waals surface area contributed by atoms with Crippen molar-refractivity contribution < 1.29 is 9.90 Å². The van der Waals surface area contributed by atoms with Gasteiger partial charge >= 0.3 is 0 Å². The topological polar surface area (TPSA) is 52.6 Å². The molecule has 0 aliphatic heterocycles. The number of carbonyl (C=O) groups is 1. The maximum absolute atomic E-state index is 11.3. The van der Waals surface area contributed by atoms with E-state index < -0.39 is 0 Å². The highest BCUT2D eigenvalue weighted by atomic mass is 16.3. The van der Waals surface area contributed by atoms with Crippen molar-refractivity contribution in [3.63, 3.8) is 0 Å². The van der Waals surface area contributed by atoms with E-state index in [1.165, 1.54) is 0 Å². The van der Waals surface area contributed by atoms with Gasteiger partial charge < -0.3 is 15.3 Å². The zero-order valence-corrected chi connectivity index (χ0v) is 8.99. The van der Waals surface area contributed by atoms with Gasteiger partial charge in [-0.2, -0.15) is 0 Å². The lowest BCUT2D eigenvalue weighted by atomic mass is 9.93. The van der Waals surface area contributed by atoms with Gasteiger partial charge in [0.2, 0.25) is 5.91 Å². The van der Waals surface area contributed by atoms with Crippen molar-refractivity contribution in [1.82, 2.24) is 10.2 Å². The monoisotopic (exact) mass is 200 g/mol. The van der Waals surface area contributed by atoms with Crippen LogP contribution < -0.4 is 5.32 Å². The number of carbonyl (C=O) groups excluding carboxylic acids is 1. The van der Waals surface area contributed by atoms with Crippen LogP contribution in [0, 0.1) is 0 Å². The van der Waals surface area contributed by atoms with Gasteiger partial charge in [-0.1, -0.05) is 0 Å². The van der Waals surface area contributed by atoms with E-state index in [2.05, 4.69) is 5.32 Å². The van der Waals surface area contributed by atoms with E-state index in [1.807, 2.05) is 0 Å². The first-order valence-corrected chi connectivity index (χ1v) is 5.21. The molecule has 4 heteroatoms. The minimum atomic E-state index is -0.127. The van der Waals surface area contributed by atoms with Crippen molar-refractivity contribution in [1.29, 1.82) is 0 Å². The van der Waals surface area contributed by atoms with E-state index in [0.29, 0.717) is 12.6 Å². The summed E-state index contributed by atoms with van der Waals surface area (Å²) in [5, 5.41) is 12.5. The Morgan fingerprint density at radius 1 is 1.36 bits per heavy atom. The van der Waals surface area contributed by atoms with Crippen molar-refractivity contribution in [2.75, 3.05) is 20.6 Å². The van der Waals surface area contributed by atoms with E-state index in [9.17, 15) is 9.90 Å². The molecule has 1 fully saturated rings. The predicted octanol–water partition coefficient (Wildman–Crippen LogP) is -0.0323. The van der Waals surface area contributed by atoms with Crippen molar-refractivity contribution in [3.05, 3.63) is 0 Å². The molecule has 4 nitrogen and oxygen atoms in total. The molecule has 0 atom stereocenters. The molecule has 0 bridgehead atoms. The maximum Gasteiger partial charge on any atom is 0.236 e. The van der Waals surface area contributed by atoms with E-state index >= 15 is 0 Å². The van der Waals surface area contributed by atoms with E-state index in [1.54, 1.807) is 19.0 Å². The number of hydrogen-bond donors (Lipinski definition) is 2. The lowest BCUT2D eigenvalue weighted by Gasteiger charge is -2.26. The first-order valence-electron chi connectivity index (χ1n) is 5.21. The SMILES string of the molecule is CN(C)C(=O)CNC1CCC(O)CC1. The summed E-state index contributed by atoms with van der Waals surface area (Å²) >= 11 is 0. The molecule has 14 heavy (non-hydrogen) atoms. The lowest BCUT2D eigenvalue weighted by Crippen LogP contribution is -2.40. The Labute approximate surface area is 85.3 Å². The molecule has 1 aliphatic carbocycles. The first-order chi connectivity index (χ1) is 6.59. The van der Waals surface area contributed by atoms with Gasteiger partial charge in [0.15, 0.2) is 0 Å². The van der Waals surface area contributed by atoms with Crippen LogP contribution in [0.15, 0.2) is 0 Å². The second kappa shape index (κ2) is 5.32. The summed E-state index contributed by atoms with van der Waals surface area (Å²) < 4.78 is 0. The average molecular weight is 200 g/mol. The van der Waals surface area contributed by atoms with Crippen LogP contribution in [0.25, 0.3) is 0 Å². The van der Waals surface area contributed by atoms with Crippen LogP contribution in [0.1, 0.15) is 25.7 Å². The Balaban J connectivity index is 2.16. The largest absolute Gasteiger partial charge is 0.393 e. The number of nitrogens with zero attached hydrogens (tertiary/aromatic N) is 1. The molecule has 82 valence electrons. The molecule has 1 aliphatic rings. The van der Waals surface area contributed by atoms with Crippen molar-refractivity contribution in [2.24, 2.45) is 0 Å². The van der Waals surface area contributed by atoms with Gasteiger partial charge in [-0.15, -0.1) is 0 Å². The number of nitrogens with one attached hydrogen (secondary N) is 1. The normalized spacial score (nSPS) is 27.4. The van der Waals surface area contributed by atoms with Gasteiger partial charge in [-0.25, -0.2) is 0 Å². The summed E-state index contributed by atoms with van der Waals surface area (Å²) in [6.45, 7) is 0.410. The summed E-state index contributed by atoms with van der Waals surface area (Å²) in [4.78, 5) is 12.9. The third-order valence-electron chi connectivity index (χ3n) is 2.74. The van der Waals surface area contributed by atoms with Gasteiger partial charge in [0, 0.05) is 20.1 Å². The summed E-state index contributed by atoms with van der Waals surface area (Å²) in [5.74, 6) is 0.108. The Morgan fingerprint density at radius 2 is 1.93 bits per heavy atom. The van der Waals surface area contributed by atoms with Crippen molar-refractivity contribution >= 4 is 5.91 Å². The molecule has 0 saturated heterocycles. The molecule has 0 heterocycles. The molecule has 0 aromatic carbocycles. The van der Waals surface area contributed by atoms with Crippen molar-refractivity contribution in [2.45, 2.75) is 37.8 Å². The van der Waals surface area contributed by atoms with E-state index in [-0.39, 0.29) is 12.0 Å². The van der Waals surface area contributed by atoms with Crippen molar-refractivity contribution in [3.8, 4) is 0 Å². The molecule has 0 aromatic rings. The summed E-state index contributed by atoms with van der Waals surface area (Å²) in [6.07, 6.45) is 3.53. The van der Waals surface area contributed by atoms with E-state index in [0.717, 1.165) is 25.7 Å². The molecular formula is C10H20N2O2. The van der Waals surface area contributed by atoms with Gasteiger partial charge in [-0.05, 0) is 25.7 Å². The lowest BCUT2D eigenvalue weighted by molar-refractivity contribution is -0.127. The predicted molar refractivity (Wildman–Crippen MR) is 55.0 cm³/mol. The Kier molecular flexibility index (Phi) is 4.35. The number of amides is 1. The van der Waals surface area contributed by atoms with Crippen LogP contribution in [0.3, 0.4) is 0 Å². The van der Waals surface area contributed by atoms with Gasteiger partial charge in [0.25, 0.3) is 0 Å². The zero-order valence-electron chi connectivity index (χ0n) is 8.99. The minimum Gasteiger partial charge on any atom is -0.393 e. The summed E-state index contributed by atoms with van der Waals surface area (Å²) in [5.41, 5.74) is 0. The molecule has 2 N–H and O–H groups in total. The number of hydrogen-bond acceptors (Lipinski definition) is 3. The molecule has 0 aromatic heterocycles. The summed E-state index contributed by atoms with van der Waals surface area (Å²) in [6, 6.07) is 0.405. The van der Waals surface area contributed by atoms with Gasteiger partial charge in [-0.3, -0.25) is 4.79 Å². The third-order valence-corrected chi connectivity index (χ3v) is 2.74. The summed E-state index contributed by atoms with van der Waals surface area (Å²) in [7, 11) is 3.52. The molecule has 0 unspecified atom stereocenters. The second-order valence-corrected chi connectivity index (χ2v) is 4.17. The fourth-order valence-electron chi connectivity index (χ4n) is 1.67. The zero-order chi connectivity index (χ0) is 10.6. The smallest absolute Gasteiger partial charge is 0.236 e. The highest BCUT2D eigenvalue weighted by Crippen LogP contribution is 2.17. The Morgan fingerprint density at radius 3 is 2.43 bits per heavy atom. The first kappa shape index (κ1) is 11.5. The maximum atomic E-state index is 11.3. The van der Waals surface area contributed by atoms with Crippen LogP contribution in [0.4, 0.5) is 0 Å². The standard InChI is InChI=1S/C10H20N2O2/c1-12(2)10(14)7-11-8-3-5-9(13)6-4-8/h8-9,11,13H,3-7H2,1-2H3. The third kappa shape index (κ3) is 3.64. The Bertz CT molecular complexity index is 187. The minimum absolute atomic E-state index is 0.108. The fourth-order valence-corrected chi connectivity index (χ4v) is 1.67. The molecule has 1 rings (SSSR count). The second-order valence-electron chi connectivity index (χ2n) is 4.17. The number of likely N-dealkylation sites (N-methyl/N-ethyl adjacent to an activating group) is 1. The molecule has 1 saturated carbocycles. The van der Waals surface area contributed by atoms with E-state index in [4.69, 9.17) is 0 Å². The van der Waals surface area contributed by atoms with Crippen LogP contribution in [0.2, 0.25) is 0 Å². The van der Waals surface area contributed by atoms with Gasteiger partial charge in [0.05, 0.1) is 12.6 Å². The van der Waals surface area contributed by atoms with Crippen LogP contribution in [-0.4, -0.2) is 48.7 Å². The van der Waals surface area contributed by atoms with Crippen LogP contribution in [-0.2, 0) is 4.79 Å². The average Bonchev–Trinajstić information content (AvgIpc) is 2.16. The van der Waals surface area contributed by atoms with Crippen LogP contribution >= 0.6 is 0 Å². The van der Waals surface area contributed by atoms with Crippen LogP contribution in [0.5, 0.6) is 0 Å². The molecule has 0 spiro atoms. The highest BCUT2D eigenvalue weighted by Gasteiger charge is 2.19. The quantitative estimate of drug-likeness (QED) is 0.672. The molecule has 0 radical (unpaired) electrons. The van der Waals surface area contributed by atoms with Gasteiger partial charge in [0.1, 0.15) is 0 Å². The molecular weight excluding hydrogens is 180 g/mol. The number of rotatable bonds is 3.